The summed E-state index contributed by atoms with van der Waals surface area (Å²) in [6, 6.07) is 7.80. The highest BCUT2D eigenvalue weighted by Crippen LogP contribution is 2.21. The zero-order chi connectivity index (χ0) is 12.3. The largest absolute Gasteiger partial charge is 0.478 e. The van der Waals surface area contributed by atoms with E-state index in [-0.39, 0.29) is 0 Å². The van der Waals surface area contributed by atoms with E-state index in [1.165, 1.54) is 5.56 Å². The first-order valence-electron chi connectivity index (χ1n) is 5.50. The maximum absolute atomic E-state index is 10.5. The van der Waals surface area contributed by atoms with Gasteiger partial charge in [0.1, 0.15) is 0 Å². The number of aliphatic carboxylic acids is 1. The van der Waals surface area contributed by atoms with Crippen LogP contribution in [0.3, 0.4) is 0 Å². The Hall–Kier alpha value is -2.16. The molecule has 0 saturated heterocycles. The number of aryl methyl sites for hydroxylation is 1. The third-order valence-electron chi connectivity index (χ3n) is 2.67. The highest BCUT2D eigenvalue weighted by Gasteiger charge is 2.03. The van der Waals surface area contributed by atoms with Gasteiger partial charge in [0.25, 0.3) is 0 Å². The van der Waals surface area contributed by atoms with Crippen molar-refractivity contribution in [2.75, 3.05) is 0 Å². The van der Waals surface area contributed by atoms with Crippen molar-refractivity contribution in [3.8, 4) is 0 Å². The number of carbonyl (C=O) groups is 1. The van der Waals surface area contributed by atoms with Crippen LogP contribution in [0.4, 0.5) is 0 Å². The van der Waals surface area contributed by atoms with Crippen molar-refractivity contribution >= 4 is 22.9 Å². The number of benzene rings is 1. The second-order valence-electron chi connectivity index (χ2n) is 3.74. The number of fused-ring (bicyclic) bond motifs is 1. The molecule has 0 radical (unpaired) electrons. The van der Waals surface area contributed by atoms with Gasteiger partial charge in [-0.25, -0.2) is 4.79 Å². The van der Waals surface area contributed by atoms with Crippen molar-refractivity contribution < 1.29 is 9.90 Å². The number of carboxylic acid groups (broad SMARTS) is 1. The Morgan fingerprint density at radius 2 is 2.24 bits per heavy atom. The van der Waals surface area contributed by atoms with Crippen LogP contribution in [0.1, 0.15) is 18.1 Å². The van der Waals surface area contributed by atoms with E-state index < -0.39 is 5.97 Å². The number of hydrogen-bond donors (Lipinski definition) is 1. The molecule has 0 aliphatic carbocycles. The summed E-state index contributed by atoms with van der Waals surface area (Å²) < 4.78 is 0. The van der Waals surface area contributed by atoms with Gasteiger partial charge >= 0.3 is 5.97 Å². The minimum atomic E-state index is -0.943. The summed E-state index contributed by atoms with van der Waals surface area (Å²) in [5, 5.41) is 9.64. The summed E-state index contributed by atoms with van der Waals surface area (Å²) in [5.74, 6) is -0.943. The fourth-order valence-electron chi connectivity index (χ4n) is 1.85. The standard InChI is InChI=1S/C14H13NO2/c1-2-10-4-3-5-12-11(6-7-13(16)17)8-9-15-14(10)12/h3-9H,2H2,1H3,(H,16,17). The van der Waals surface area contributed by atoms with Crippen molar-refractivity contribution in [1.29, 1.82) is 0 Å². The Balaban J connectivity index is 2.62. The lowest BCUT2D eigenvalue weighted by Crippen LogP contribution is -1.90. The van der Waals surface area contributed by atoms with E-state index in [1.807, 2.05) is 24.3 Å². The molecule has 1 aromatic heterocycles. The molecule has 3 heteroatoms. The molecule has 0 fully saturated rings. The molecular formula is C14H13NO2. The molecule has 0 unspecified atom stereocenters. The topological polar surface area (TPSA) is 50.2 Å². The fourth-order valence-corrected chi connectivity index (χ4v) is 1.85. The van der Waals surface area contributed by atoms with Crippen LogP contribution in [-0.4, -0.2) is 16.1 Å². The lowest BCUT2D eigenvalue weighted by Gasteiger charge is -2.05. The lowest BCUT2D eigenvalue weighted by atomic mass is 10.0. The molecule has 3 nitrogen and oxygen atoms in total. The van der Waals surface area contributed by atoms with Crippen LogP contribution in [0.15, 0.2) is 36.5 Å². The Bertz CT molecular complexity index is 588. The summed E-state index contributed by atoms with van der Waals surface area (Å²) in [6.45, 7) is 2.08. The Labute approximate surface area is 99.4 Å². The van der Waals surface area contributed by atoms with Gasteiger partial charge in [0.05, 0.1) is 5.52 Å². The molecule has 0 aliphatic heterocycles. The first-order valence-corrected chi connectivity index (χ1v) is 5.50. The van der Waals surface area contributed by atoms with E-state index in [9.17, 15) is 4.79 Å². The summed E-state index contributed by atoms with van der Waals surface area (Å²) in [5.41, 5.74) is 3.00. The van der Waals surface area contributed by atoms with E-state index in [4.69, 9.17) is 5.11 Å². The zero-order valence-electron chi connectivity index (χ0n) is 9.55. The van der Waals surface area contributed by atoms with Crippen LogP contribution in [0.5, 0.6) is 0 Å². The lowest BCUT2D eigenvalue weighted by molar-refractivity contribution is -0.131. The number of hydrogen-bond acceptors (Lipinski definition) is 2. The summed E-state index contributed by atoms with van der Waals surface area (Å²) in [7, 11) is 0. The van der Waals surface area contributed by atoms with Crippen molar-refractivity contribution in [2.24, 2.45) is 0 Å². The minimum absolute atomic E-state index is 0.882. The van der Waals surface area contributed by atoms with Gasteiger partial charge in [-0.3, -0.25) is 4.98 Å². The predicted molar refractivity (Wildman–Crippen MR) is 67.8 cm³/mol. The van der Waals surface area contributed by atoms with Crippen LogP contribution in [0.25, 0.3) is 17.0 Å². The second kappa shape index (κ2) is 4.78. The van der Waals surface area contributed by atoms with Crippen LogP contribution in [-0.2, 0) is 11.2 Å². The number of pyridine rings is 1. The van der Waals surface area contributed by atoms with Crippen molar-refractivity contribution in [1.82, 2.24) is 4.98 Å². The van der Waals surface area contributed by atoms with Gasteiger partial charge in [-0.1, -0.05) is 25.1 Å². The Kier molecular flexibility index (Phi) is 3.19. The molecule has 0 atom stereocenters. The summed E-state index contributed by atoms with van der Waals surface area (Å²) >= 11 is 0. The molecule has 86 valence electrons. The number of para-hydroxylation sites is 1. The SMILES string of the molecule is CCc1cccc2c(C=CC(=O)O)ccnc12. The molecule has 2 aromatic rings. The fraction of sp³-hybridized carbons (Fsp3) is 0.143. The first-order chi connectivity index (χ1) is 8.22. The average molecular weight is 227 g/mol. The monoisotopic (exact) mass is 227 g/mol. The molecule has 0 aliphatic rings. The van der Waals surface area contributed by atoms with E-state index in [0.29, 0.717) is 0 Å². The first kappa shape index (κ1) is 11.3. The smallest absolute Gasteiger partial charge is 0.328 e. The van der Waals surface area contributed by atoms with Gasteiger partial charge in [0, 0.05) is 17.7 Å². The normalized spacial score (nSPS) is 11.1. The second-order valence-corrected chi connectivity index (χ2v) is 3.74. The zero-order valence-corrected chi connectivity index (χ0v) is 9.55. The number of carboxylic acids is 1. The van der Waals surface area contributed by atoms with Crippen LogP contribution in [0.2, 0.25) is 0 Å². The maximum Gasteiger partial charge on any atom is 0.328 e. The molecule has 0 amide bonds. The van der Waals surface area contributed by atoms with Gasteiger partial charge in [-0.15, -0.1) is 0 Å². The third-order valence-corrected chi connectivity index (χ3v) is 2.67. The van der Waals surface area contributed by atoms with Gasteiger partial charge in [-0.05, 0) is 29.7 Å². The number of aromatic nitrogens is 1. The predicted octanol–water partition coefficient (Wildman–Crippen LogP) is 2.90. The summed E-state index contributed by atoms with van der Waals surface area (Å²) in [4.78, 5) is 14.9. The van der Waals surface area contributed by atoms with E-state index >= 15 is 0 Å². The molecule has 0 saturated carbocycles. The molecule has 0 bridgehead atoms. The van der Waals surface area contributed by atoms with Crippen LogP contribution >= 0.6 is 0 Å². The van der Waals surface area contributed by atoms with E-state index in [0.717, 1.165) is 29.0 Å². The highest BCUT2D eigenvalue weighted by molar-refractivity contribution is 5.93. The van der Waals surface area contributed by atoms with E-state index in [1.54, 1.807) is 12.3 Å². The Morgan fingerprint density at radius 3 is 2.94 bits per heavy atom. The number of rotatable bonds is 3. The van der Waals surface area contributed by atoms with E-state index in [2.05, 4.69) is 11.9 Å². The van der Waals surface area contributed by atoms with Crippen molar-refractivity contribution in [3.63, 3.8) is 0 Å². The van der Waals surface area contributed by atoms with Crippen LogP contribution < -0.4 is 0 Å². The Morgan fingerprint density at radius 1 is 1.41 bits per heavy atom. The highest BCUT2D eigenvalue weighted by atomic mass is 16.4. The van der Waals surface area contributed by atoms with Crippen molar-refractivity contribution in [2.45, 2.75) is 13.3 Å². The van der Waals surface area contributed by atoms with Gasteiger partial charge in [0.15, 0.2) is 0 Å². The van der Waals surface area contributed by atoms with Gasteiger partial charge < -0.3 is 5.11 Å². The molecular weight excluding hydrogens is 214 g/mol. The van der Waals surface area contributed by atoms with Gasteiger partial charge in [0.2, 0.25) is 0 Å². The molecule has 0 spiro atoms. The maximum atomic E-state index is 10.5. The number of nitrogens with zero attached hydrogens (tertiary/aromatic N) is 1. The van der Waals surface area contributed by atoms with Crippen LogP contribution in [0, 0.1) is 0 Å². The molecule has 1 heterocycles. The quantitative estimate of drug-likeness (QED) is 0.820. The minimum Gasteiger partial charge on any atom is -0.478 e. The summed E-state index contributed by atoms with van der Waals surface area (Å²) in [6.07, 6.45) is 5.37. The molecule has 1 aromatic carbocycles. The molecule has 1 N–H and O–H groups in total. The average Bonchev–Trinajstić information content (AvgIpc) is 2.35. The van der Waals surface area contributed by atoms with Crippen molar-refractivity contribution in [3.05, 3.63) is 47.7 Å². The third kappa shape index (κ3) is 2.33. The molecule has 17 heavy (non-hydrogen) atoms. The van der Waals surface area contributed by atoms with Gasteiger partial charge in [-0.2, -0.15) is 0 Å². The molecule has 2 rings (SSSR count).